The topological polar surface area (TPSA) is 88.2 Å². The second-order valence-corrected chi connectivity index (χ2v) is 8.92. The number of anilines is 3. The smallest absolute Gasteiger partial charge is 0.415 e. The molecule has 3 aromatic rings. The van der Waals surface area contributed by atoms with E-state index in [0.717, 1.165) is 5.56 Å². The molecule has 0 aromatic heterocycles. The molecule has 190 valence electrons. The van der Waals surface area contributed by atoms with Crippen LogP contribution in [0.3, 0.4) is 0 Å². The van der Waals surface area contributed by atoms with Crippen LogP contribution in [0.5, 0.6) is 0 Å². The molecule has 0 saturated carbocycles. The van der Waals surface area contributed by atoms with Gasteiger partial charge in [0.25, 0.3) is 0 Å². The van der Waals surface area contributed by atoms with Gasteiger partial charge in [0.15, 0.2) is 0 Å². The SMILES string of the molecule is CC(=O)Nc1ccc([C@H]2CN(c3ccc(-c4ccc(N5CCOCC5)c(=O)cc4)c(F)c3)C(=O)O2)cc1. The van der Waals surface area contributed by atoms with Gasteiger partial charge in [-0.25, -0.2) is 9.18 Å². The minimum Gasteiger partial charge on any atom is -0.439 e. The van der Waals surface area contributed by atoms with Crippen molar-refractivity contribution in [3.05, 3.63) is 88.3 Å². The van der Waals surface area contributed by atoms with Crippen LogP contribution in [0.1, 0.15) is 18.6 Å². The van der Waals surface area contributed by atoms with Crippen molar-refractivity contribution >= 4 is 29.1 Å². The highest BCUT2D eigenvalue weighted by Crippen LogP contribution is 2.33. The van der Waals surface area contributed by atoms with Crippen LogP contribution in [0, 0.1) is 5.82 Å². The zero-order valence-corrected chi connectivity index (χ0v) is 20.3. The van der Waals surface area contributed by atoms with Gasteiger partial charge in [-0.3, -0.25) is 14.5 Å². The molecular weight excluding hydrogens is 477 g/mol. The van der Waals surface area contributed by atoms with Gasteiger partial charge >= 0.3 is 6.09 Å². The first-order valence-electron chi connectivity index (χ1n) is 12.0. The number of ether oxygens (including phenoxy) is 2. The lowest BCUT2D eigenvalue weighted by molar-refractivity contribution is -0.114. The predicted molar refractivity (Wildman–Crippen MR) is 138 cm³/mol. The third-order valence-electron chi connectivity index (χ3n) is 6.43. The molecule has 2 aliphatic rings. The molecule has 2 fully saturated rings. The van der Waals surface area contributed by atoms with Crippen molar-refractivity contribution < 1.29 is 23.5 Å². The summed E-state index contributed by atoms with van der Waals surface area (Å²) in [6.45, 7) is 4.02. The van der Waals surface area contributed by atoms with Gasteiger partial charge in [-0.05, 0) is 53.6 Å². The van der Waals surface area contributed by atoms with E-state index in [-0.39, 0.29) is 17.9 Å². The molecule has 37 heavy (non-hydrogen) atoms. The summed E-state index contributed by atoms with van der Waals surface area (Å²) in [5.41, 5.74) is 3.09. The third-order valence-corrected chi connectivity index (χ3v) is 6.43. The van der Waals surface area contributed by atoms with Crippen LogP contribution in [-0.4, -0.2) is 44.8 Å². The van der Waals surface area contributed by atoms with Crippen LogP contribution in [0.2, 0.25) is 0 Å². The Morgan fingerprint density at radius 1 is 0.973 bits per heavy atom. The molecule has 0 spiro atoms. The van der Waals surface area contributed by atoms with E-state index in [4.69, 9.17) is 9.47 Å². The standard InChI is InChI=1S/C28H26FN3O5/c1-18(33)30-21-6-2-20(3-7-21)27-17-32(28(35)37-27)22-8-9-23(24(29)16-22)19-4-10-25(26(34)11-5-19)31-12-14-36-15-13-31/h2-11,16,27H,12-15,17H2,1H3,(H,30,33)/t27-/m1/s1. The Kier molecular flexibility index (Phi) is 6.87. The number of morpholine rings is 1. The first-order chi connectivity index (χ1) is 17.9. The van der Waals surface area contributed by atoms with Gasteiger partial charge in [-0.2, -0.15) is 0 Å². The molecule has 2 heterocycles. The molecule has 5 rings (SSSR count). The number of amides is 2. The average Bonchev–Trinajstić information content (AvgIpc) is 3.17. The zero-order valence-electron chi connectivity index (χ0n) is 20.3. The number of carbonyl (C=O) groups excluding carboxylic acids is 2. The second-order valence-electron chi connectivity index (χ2n) is 8.92. The van der Waals surface area contributed by atoms with Crippen LogP contribution in [0.25, 0.3) is 11.1 Å². The number of nitrogens with one attached hydrogen (secondary N) is 1. The molecule has 3 aromatic carbocycles. The van der Waals surface area contributed by atoms with Crippen LogP contribution in [-0.2, 0) is 14.3 Å². The van der Waals surface area contributed by atoms with Crippen LogP contribution in [0.15, 0.2) is 71.5 Å². The van der Waals surface area contributed by atoms with Crippen LogP contribution < -0.4 is 20.5 Å². The van der Waals surface area contributed by atoms with E-state index < -0.39 is 18.0 Å². The maximum Gasteiger partial charge on any atom is 0.415 e. The Balaban J connectivity index is 1.34. The first kappa shape index (κ1) is 24.5. The van der Waals surface area contributed by atoms with Crippen LogP contribution >= 0.6 is 0 Å². The number of benzene rings is 2. The van der Waals surface area contributed by atoms with Crippen LogP contribution in [0.4, 0.5) is 26.2 Å². The van der Waals surface area contributed by atoms with Gasteiger partial charge in [-0.1, -0.05) is 24.3 Å². The maximum absolute atomic E-state index is 15.2. The molecule has 8 nitrogen and oxygen atoms in total. The minimum absolute atomic E-state index is 0.138. The highest BCUT2D eigenvalue weighted by Gasteiger charge is 2.33. The lowest BCUT2D eigenvalue weighted by Gasteiger charge is -2.27. The summed E-state index contributed by atoms with van der Waals surface area (Å²) in [5, 5.41) is 2.69. The number of halogens is 1. The maximum atomic E-state index is 15.2. The number of hydrogen-bond acceptors (Lipinski definition) is 6. The van der Waals surface area contributed by atoms with Crippen molar-refractivity contribution in [1.29, 1.82) is 0 Å². The van der Waals surface area contributed by atoms with E-state index in [1.165, 1.54) is 24.0 Å². The number of cyclic esters (lactones) is 1. The molecule has 2 saturated heterocycles. The summed E-state index contributed by atoms with van der Waals surface area (Å²) in [5.74, 6) is -0.688. The van der Waals surface area contributed by atoms with Gasteiger partial charge in [0.05, 0.1) is 31.1 Å². The molecule has 2 aliphatic heterocycles. The molecule has 9 heteroatoms. The van der Waals surface area contributed by atoms with Gasteiger partial charge in [-0.15, -0.1) is 0 Å². The van der Waals surface area contributed by atoms with Crippen molar-refractivity contribution in [3.8, 4) is 11.1 Å². The molecule has 0 bridgehead atoms. The van der Waals surface area contributed by atoms with E-state index in [2.05, 4.69) is 5.32 Å². The highest BCUT2D eigenvalue weighted by atomic mass is 19.1. The molecule has 0 radical (unpaired) electrons. The normalized spacial score (nSPS) is 17.5. The van der Waals surface area contributed by atoms with E-state index >= 15 is 4.39 Å². The molecular formula is C28H26FN3O5. The fourth-order valence-corrected chi connectivity index (χ4v) is 4.54. The average molecular weight is 504 g/mol. The largest absolute Gasteiger partial charge is 0.439 e. The van der Waals surface area contributed by atoms with Gasteiger partial charge in [0.1, 0.15) is 11.9 Å². The molecule has 1 N–H and O–H groups in total. The Hall–Kier alpha value is -4.24. The summed E-state index contributed by atoms with van der Waals surface area (Å²) in [4.78, 5) is 39.8. The highest BCUT2D eigenvalue weighted by molar-refractivity contribution is 5.90. The zero-order chi connectivity index (χ0) is 25.9. The van der Waals surface area contributed by atoms with Crippen molar-refractivity contribution in [2.45, 2.75) is 13.0 Å². The van der Waals surface area contributed by atoms with Crippen molar-refractivity contribution in [2.75, 3.05) is 48.0 Å². The molecule has 1 atom stereocenters. The van der Waals surface area contributed by atoms with E-state index in [1.807, 2.05) is 4.90 Å². The quantitative estimate of drug-likeness (QED) is 0.557. The fraction of sp³-hybridized carbons (Fsp3) is 0.250. The van der Waals surface area contributed by atoms with Gasteiger partial charge in [0.2, 0.25) is 11.3 Å². The fourth-order valence-electron chi connectivity index (χ4n) is 4.54. The molecule has 0 aliphatic carbocycles. The summed E-state index contributed by atoms with van der Waals surface area (Å²) < 4.78 is 26.1. The lowest BCUT2D eigenvalue weighted by atomic mass is 10.1. The van der Waals surface area contributed by atoms with E-state index in [0.29, 0.717) is 54.5 Å². The summed E-state index contributed by atoms with van der Waals surface area (Å²) in [6, 6.07) is 18.1. The van der Waals surface area contributed by atoms with E-state index in [1.54, 1.807) is 54.6 Å². The van der Waals surface area contributed by atoms with Gasteiger partial charge < -0.3 is 19.7 Å². The van der Waals surface area contributed by atoms with Crippen molar-refractivity contribution in [3.63, 3.8) is 0 Å². The Morgan fingerprint density at radius 2 is 1.70 bits per heavy atom. The Morgan fingerprint density at radius 3 is 2.41 bits per heavy atom. The monoisotopic (exact) mass is 503 g/mol. The van der Waals surface area contributed by atoms with E-state index in [9.17, 15) is 14.4 Å². The summed E-state index contributed by atoms with van der Waals surface area (Å²) in [7, 11) is 0. The Labute approximate surface area is 213 Å². The lowest BCUT2D eigenvalue weighted by Crippen LogP contribution is -2.38. The molecule has 0 unspecified atom stereocenters. The molecule has 2 amide bonds. The Bertz CT molecular complexity index is 1390. The second kappa shape index (κ2) is 10.4. The first-order valence-corrected chi connectivity index (χ1v) is 12.0. The number of rotatable bonds is 5. The number of hydrogen-bond donors (Lipinski definition) is 1. The number of carbonyl (C=O) groups is 2. The van der Waals surface area contributed by atoms with Crippen molar-refractivity contribution in [1.82, 2.24) is 0 Å². The van der Waals surface area contributed by atoms with Crippen molar-refractivity contribution in [2.24, 2.45) is 0 Å². The third kappa shape index (κ3) is 5.31. The number of nitrogens with zero attached hydrogens (tertiary/aromatic N) is 2. The summed E-state index contributed by atoms with van der Waals surface area (Å²) in [6.07, 6.45) is -1.09. The predicted octanol–water partition coefficient (Wildman–Crippen LogP) is 4.35. The minimum atomic E-state index is -0.569. The summed E-state index contributed by atoms with van der Waals surface area (Å²) >= 11 is 0. The van der Waals surface area contributed by atoms with Gasteiger partial charge in [0, 0.05) is 31.3 Å².